The number of amides is 1. The van der Waals surface area contributed by atoms with E-state index in [-0.39, 0.29) is 5.91 Å². The minimum atomic E-state index is 0.0729. The van der Waals surface area contributed by atoms with E-state index in [1.165, 1.54) is 36.6 Å². The number of hydrogen-bond acceptors (Lipinski definition) is 5. The number of nitrogens with zero attached hydrogens (tertiary/aromatic N) is 3. The molecule has 0 radical (unpaired) electrons. The van der Waals surface area contributed by atoms with Gasteiger partial charge in [-0.25, -0.2) is 0 Å². The zero-order chi connectivity index (χ0) is 19.1. The van der Waals surface area contributed by atoms with E-state index in [0.717, 1.165) is 36.0 Å². The van der Waals surface area contributed by atoms with E-state index in [2.05, 4.69) is 34.6 Å². The van der Waals surface area contributed by atoms with Gasteiger partial charge in [-0.3, -0.25) is 4.79 Å². The average molecular weight is 389 g/mol. The van der Waals surface area contributed by atoms with Crippen LogP contribution in [0.5, 0.6) is 5.75 Å². The molecular formula is C20H28N4O2S. The predicted molar refractivity (Wildman–Crippen MR) is 107 cm³/mol. The molecule has 1 amide bonds. The Balaban J connectivity index is 1.46. The van der Waals surface area contributed by atoms with Crippen molar-refractivity contribution >= 4 is 17.7 Å². The van der Waals surface area contributed by atoms with Crippen molar-refractivity contribution in [2.75, 3.05) is 5.75 Å². The van der Waals surface area contributed by atoms with Crippen LogP contribution in [0.15, 0.2) is 29.4 Å². The van der Waals surface area contributed by atoms with Gasteiger partial charge in [-0.15, -0.1) is 10.2 Å². The zero-order valence-corrected chi connectivity index (χ0v) is 16.9. The summed E-state index contributed by atoms with van der Waals surface area (Å²) in [4.78, 5) is 12.2. The van der Waals surface area contributed by atoms with Gasteiger partial charge in [0.15, 0.2) is 11.0 Å². The molecule has 7 heteroatoms. The summed E-state index contributed by atoms with van der Waals surface area (Å²) in [5, 5.41) is 12.2. The molecule has 1 aromatic carbocycles. The second-order valence-electron chi connectivity index (χ2n) is 6.94. The molecule has 1 N–H and O–H groups in total. The molecule has 1 aliphatic carbocycles. The van der Waals surface area contributed by atoms with E-state index in [1.807, 2.05) is 23.7 Å². The first-order valence-corrected chi connectivity index (χ1v) is 10.7. The number of rotatable bonds is 8. The van der Waals surface area contributed by atoms with Crippen molar-refractivity contribution in [3.63, 3.8) is 0 Å². The number of benzene rings is 1. The second-order valence-corrected chi connectivity index (χ2v) is 7.88. The van der Waals surface area contributed by atoms with Gasteiger partial charge in [0.1, 0.15) is 12.4 Å². The molecule has 1 heterocycles. The third-order valence-corrected chi connectivity index (χ3v) is 5.95. The summed E-state index contributed by atoms with van der Waals surface area (Å²) < 4.78 is 7.69. The zero-order valence-electron chi connectivity index (χ0n) is 16.1. The maximum absolute atomic E-state index is 12.2. The molecule has 0 unspecified atom stereocenters. The molecule has 6 nitrogen and oxygen atoms in total. The molecule has 1 saturated carbocycles. The van der Waals surface area contributed by atoms with Gasteiger partial charge in [-0.05, 0) is 37.0 Å². The minimum absolute atomic E-state index is 0.0729. The highest BCUT2D eigenvalue weighted by molar-refractivity contribution is 7.99. The molecule has 1 aliphatic rings. The molecule has 0 bridgehead atoms. The highest BCUT2D eigenvalue weighted by atomic mass is 32.2. The highest BCUT2D eigenvalue weighted by Gasteiger charge is 2.17. The number of thioether (sulfide) groups is 1. The highest BCUT2D eigenvalue weighted by Crippen LogP contribution is 2.20. The number of aromatic nitrogens is 3. The summed E-state index contributed by atoms with van der Waals surface area (Å²) in [6.07, 6.45) is 6.92. The molecule has 1 fully saturated rings. The van der Waals surface area contributed by atoms with Gasteiger partial charge in [0, 0.05) is 13.1 Å². The first-order valence-electron chi connectivity index (χ1n) is 9.68. The smallest absolute Gasteiger partial charge is 0.230 e. The minimum Gasteiger partial charge on any atom is -0.486 e. The Morgan fingerprint density at radius 1 is 1.22 bits per heavy atom. The van der Waals surface area contributed by atoms with Crippen LogP contribution in [0.3, 0.4) is 0 Å². The Morgan fingerprint density at radius 3 is 2.67 bits per heavy atom. The van der Waals surface area contributed by atoms with Gasteiger partial charge in [-0.1, -0.05) is 50.1 Å². The third-order valence-electron chi connectivity index (χ3n) is 4.93. The van der Waals surface area contributed by atoms with E-state index in [4.69, 9.17) is 4.74 Å². The first kappa shape index (κ1) is 19.7. The van der Waals surface area contributed by atoms with Gasteiger partial charge < -0.3 is 14.6 Å². The van der Waals surface area contributed by atoms with Gasteiger partial charge in [0.2, 0.25) is 5.91 Å². The van der Waals surface area contributed by atoms with Crippen LogP contribution in [0, 0.1) is 0 Å². The van der Waals surface area contributed by atoms with Crippen LogP contribution in [0.1, 0.15) is 50.4 Å². The topological polar surface area (TPSA) is 69.0 Å². The summed E-state index contributed by atoms with van der Waals surface area (Å²) >= 11 is 1.41. The number of ether oxygens (including phenoxy) is 1. The quantitative estimate of drug-likeness (QED) is 0.701. The van der Waals surface area contributed by atoms with Crippen molar-refractivity contribution < 1.29 is 9.53 Å². The standard InChI is InChI=1S/C20H28N4O2S/c1-3-15-9-11-17(12-10-15)26-13-18-22-23-20(24(18)2)27-14-19(25)21-16-7-5-4-6-8-16/h9-12,16H,3-8,13-14H2,1-2H3,(H,21,25). The van der Waals surface area contributed by atoms with Crippen LogP contribution in [0.25, 0.3) is 0 Å². The third kappa shape index (κ3) is 5.73. The van der Waals surface area contributed by atoms with Crippen molar-refractivity contribution in [3.05, 3.63) is 35.7 Å². The lowest BCUT2D eigenvalue weighted by Crippen LogP contribution is -2.37. The van der Waals surface area contributed by atoms with Crippen LogP contribution in [0.2, 0.25) is 0 Å². The molecule has 0 atom stereocenters. The number of carbonyl (C=O) groups is 1. The fraction of sp³-hybridized carbons (Fsp3) is 0.550. The Bertz CT molecular complexity index is 739. The first-order chi connectivity index (χ1) is 13.2. The molecule has 2 aromatic rings. The van der Waals surface area contributed by atoms with E-state index in [9.17, 15) is 4.79 Å². The van der Waals surface area contributed by atoms with Crippen LogP contribution in [-0.2, 0) is 24.9 Å². The van der Waals surface area contributed by atoms with Crippen LogP contribution >= 0.6 is 11.8 Å². The lowest BCUT2D eigenvalue weighted by atomic mass is 9.95. The fourth-order valence-electron chi connectivity index (χ4n) is 3.21. The Labute approximate surface area is 165 Å². The van der Waals surface area contributed by atoms with Gasteiger partial charge in [0.25, 0.3) is 0 Å². The summed E-state index contributed by atoms with van der Waals surface area (Å²) in [6.45, 7) is 2.48. The summed E-state index contributed by atoms with van der Waals surface area (Å²) in [5.41, 5.74) is 1.28. The Hall–Kier alpha value is -2.02. The predicted octanol–water partition coefficient (Wildman–Crippen LogP) is 3.50. The van der Waals surface area contributed by atoms with E-state index < -0.39 is 0 Å². The van der Waals surface area contributed by atoms with Crippen LogP contribution in [0.4, 0.5) is 0 Å². The summed E-state index contributed by atoms with van der Waals surface area (Å²) in [5.74, 6) is 1.99. The van der Waals surface area contributed by atoms with Crippen molar-refractivity contribution in [2.24, 2.45) is 7.05 Å². The molecule has 0 aliphatic heterocycles. The lowest BCUT2D eigenvalue weighted by Gasteiger charge is -2.22. The summed E-state index contributed by atoms with van der Waals surface area (Å²) in [6, 6.07) is 8.42. The maximum atomic E-state index is 12.2. The Morgan fingerprint density at radius 2 is 1.96 bits per heavy atom. The molecule has 146 valence electrons. The second kappa shape index (κ2) is 9.78. The summed E-state index contributed by atoms with van der Waals surface area (Å²) in [7, 11) is 1.90. The molecule has 3 rings (SSSR count). The normalized spacial score (nSPS) is 14.9. The van der Waals surface area contributed by atoms with Crippen molar-refractivity contribution in [3.8, 4) is 5.75 Å². The number of carbonyl (C=O) groups excluding carboxylic acids is 1. The fourth-order valence-corrected chi connectivity index (χ4v) is 3.95. The number of aryl methyl sites for hydroxylation is 1. The number of hydrogen-bond donors (Lipinski definition) is 1. The van der Waals surface area contributed by atoms with Crippen molar-refractivity contribution in [1.82, 2.24) is 20.1 Å². The van der Waals surface area contributed by atoms with Crippen molar-refractivity contribution in [1.29, 1.82) is 0 Å². The van der Waals surface area contributed by atoms with Gasteiger partial charge in [-0.2, -0.15) is 0 Å². The molecule has 0 saturated heterocycles. The van der Waals surface area contributed by atoms with E-state index >= 15 is 0 Å². The van der Waals surface area contributed by atoms with Crippen molar-refractivity contribution in [2.45, 2.75) is 63.3 Å². The number of nitrogens with one attached hydrogen (secondary N) is 1. The van der Waals surface area contributed by atoms with Crippen LogP contribution in [-0.4, -0.2) is 32.5 Å². The maximum Gasteiger partial charge on any atom is 0.230 e. The van der Waals surface area contributed by atoms with E-state index in [0.29, 0.717) is 18.4 Å². The molecule has 0 spiro atoms. The molecular weight excluding hydrogens is 360 g/mol. The Kier molecular flexibility index (Phi) is 7.15. The molecule has 27 heavy (non-hydrogen) atoms. The average Bonchev–Trinajstić information content (AvgIpc) is 3.05. The van der Waals surface area contributed by atoms with Crippen LogP contribution < -0.4 is 10.1 Å². The van der Waals surface area contributed by atoms with Gasteiger partial charge >= 0.3 is 0 Å². The lowest BCUT2D eigenvalue weighted by molar-refractivity contribution is -0.119. The van der Waals surface area contributed by atoms with E-state index in [1.54, 1.807) is 0 Å². The SMILES string of the molecule is CCc1ccc(OCc2nnc(SCC(=O)NC3CCCCC3)n2C)cc1. The molecule has 1 aromatic heterocycles. The van der Waals surface area contributed by atoms with Gasteiger partial charge in [0.05, 0.1) is 5.75 Å². The monoisotopic (exact) mass is 388 g/mol. The largest absolute Gasteiger partial charge is 0.486 e.